The van der Waals surface area contributed by atoms with Gasteiger partial charge in [0.05, 0.1) is 24.2 Å². The lowest BCUT2D eigenvalue weighted by Crippen LogP contribution is -2.43. The van der Waals surface area contributed by atoms with Gasteiger partial charge in [-0.1, -0.05) is 29.8 Å². The van der Waals surface area contributed by atoms with Crippen molar-refractivity contribution in [3.8, 4) is 22.7 Å². The van der Waals surface area contributed by atoms with Gasteiger partial charge in [0.2, 0.25) is 0 Å². The van der Waals surface area contributed by atoms with Crippen LogP contribution in [0.15, 0.2) is 48.5 Å². The minimum absolute atomic E-state index is 0.136. The van der Waals surface area contributed by atoms with Gasteiger partial charge in [-0.2, -0.15) is 5.10 Å². The molecule has 2 N–H and O–H groups in total. The van der Waals surface area contributed by atoms with Crippen molar-refractivity contribution in [1.82, 2.24) is 19.7 Å². The second-order valence-corrected chi connectivity index (χ2v) is 8.46. The largest absolute Gasteiger partial charge is 0.497 e. The number of nitrogens with zero attached hydrogens (tertiary/aromatic N) is 4. The highest BCUT2D eigenvalue weighted by Gasteiger charge is 2.33. The smallest absolute Gasteiger partial charge is 0.343 e. The van der Waals surface area contributed by atoms with Gasteiger partial charge in [-0.3, -0.25) is 5.21 Å². The summed E-state index contributed by atoms with van der Waals surface area (Å²) in [5, 5.41) is 25.1. The Labute approximate surface area is 197 Å². The number of hydrogen-bond donors (Lipinski definition) is 2. The lowest BCUT2D eigenvalue weighted by molar-refractivity contribution is -0.0356. The summed E-state index contributed by atoms with van der Waals surface area (Å²) < 4.78 is 6.95. The monoisotopic (exact) mass is 464 g/mol. The quantitative estimate of drug-likeness (QED) is 0.433. The molecular weight excluding hydrogens is 436 g/mol. The van der Waals surface area contributed by atoms with E-state index in [0.29, 0.717) is 48.1 Å². The second-order valence-electron chi connectivity index (χ2n) is 8.46. The Morgan fingerprint density at radius 1 is 1.06 bits per heavy atom. The van der Waals surface area contributed by atoms with Crippen LogP contribution in [0.4, 0.5) is 4.79 Å². The van der Waals surface area contributed by atoms with E-state index in [2.05, 4.69) is 0 Å². The zero-order chi connectivity index (χ0) is 24.4. The first-order chi connectivity index (χ1) is 16.3. The maximum absolute atomic E-state index is 12.6. The van der Waals surface area contributed by atoms with Crippen molar-refractivity contribution in [3.05, 3.63) is 65.4 Å². The van der Waals surface area contributed by atoms with Crippen molar-refractivity contribution in [2.24, 2.45) is 0 Å². The van der Waals surface area contributed by atoms with Crippen LogP contribution < -0.4 is 4.74 Å². The van der Waals surface area contributed by atoms with Gasteiger partial charge in [-0.05, 0) is 44.0 Å². The van der Waals surface area contributed by atoms with Gasteiger partial charge in [-0.15, -0.1) is 0 Å². The number of aryl methyl sites for hydroxylation is 1. The Hall–Kier alpha value is -3.85. The zero-order valence-electron chi connectivity index (χ0n) is 19.4. The van der Waals surface area contributed by atoms with Crippen molar-refractivity contribution in [3.63, 3.8) is 0 Å². The molecule has 0 atom stereocenters. The average molecular weight is 465 g/mol. The lowest BCUT2D eigenvalue weighted by Gasteiger charge is -2.32. The summed E-state index contributed by atoms with van der Waals surface area (Å²) in [4.78, 5) is 26.2. The number of urea groups is 1. The number of ether oxygens (including phenoxy) is 1. The van der Waals surface area contributed by atoms with Crippen LogP contribution in [0.5, 0.6) is 5.75 Å². The van der Waals surface area contributed by atoms with Crippen LogP contribution in [0.2, 0.25) is 0 Å². The first-order valence-corrected chi connectivity index (χ1v) is 11.1. The van der Waals surface area contributed by atoms with Crippen LogP contribution in [0, 0.1) is 6.92 Å². The van der Waals surface area contributed by atoms with Crippen molar-refractivity contribution in [1.29, 1.82) is 0 Å². The van der Waals surface area contributed by atoms with Gasteiger partial charge < -0.3 is 14.7 Å². The minimum atomic E-state index is -1.04. The predicted octanol–water partition coefficient (Wildman–Crippen LogP) is 4.17. The van der Waals surface area contributed by atoms with Crippen molar-refractivity contribution in [2.75, 3.05) is 27.2 Å². The summed E-state index contributed by atoms with van der Waals surface area (Å²) in [5.74, 6) is -0.487. The summed E-state index contributed by atoms with van der Waals surface area (Å²) in [7, 11) is 2.88. The Bertz CT molecular complexity index is 1180. The molecule has 9 heteroatoms. The third-order valence-electron chi connectivity index (χ3n) is 6.20. The fourth-order valence-electron chi connectivity index (χ4n) is 4.37. The van der Waals surface area contributed by atoms with Crippen LogP contribution in [-0.4, -0.2) is 69.3 Å². The molecule has 4 rings (SSSR count). The highest BCUT2D eigenvalue weighted by Crippen LogP contribution is 2.37. The topological polar surface area (TPSA) is 108 Å². The SMILES string of the molecule is COc1ccc(-n2nc(C3CCN(C(=O)N(C)O)CC3)c(C(=O)O)c2-c2ccc(C)cc2)cc1. The first-order valence-electron chi connectivity index (χ1n) is 11.1. The minimum Gasteiger partial charge on any atom is -0.497 e. The van der Waals surface area contributed by atoms with E-state index in [0.717, 1.165) is 16.8 Å². The van der Waals surface area contributed by atoms with Crippen LogP contribution in [0.3, 0.4) is 0 Å². The molecule has 1 aliphatic rings. The Kier molecular flexibility index (Phi) is 6.56. The summed E-state index contributed by atoms with van der Waals surface area (Å²) in [6.45, 7) is 2.79. The number of hydroxylamine groups is 2. The normalized spacial score (nSPS) is 14.2. The molecule has 1 fully saturated rings. The first kappa shape index (κ1) is 23.3. The van der Waals surface area contributed by atoms with E-state index in [1.54, 1.807) is 16.7 Å². The lowest BCUT2D eigenvalue weighted by atomic mass is 9.90. The molecule has 2 aromatic carbocycles. The number of methoxy groups -OCH3 is 1. The molecule has 0 bridgehead atoms. The summed E-state index contributed by atoms with van der Waals surface area (Å²) in [5.41, 5.74) is 3.74. The van der Waals surface area contributed by atoms with E-state index in [-0.39, 0.29) is 11.5 Å². The zero-order valence-corrected chi connectivity index (χ0v) is 19.4. The maximum Gasteiger partial charge on any atom is 0.343 e. The maximum atomic E-state index is 12.6. The molecule has 9 nitrogen and oxygen atoms in total. The molecule has 1 saturated heterocycles. The van der Waals surface area contributed by atoms with Crippen molar-refractivity contribution in [2.45, 2.75) is 25.7 Å². The van der Waals surface area contributed by atoms with Crippen LogP contribution in [0.25, 0.3) is 16.9 Å². The molecule has 2 heterocycles. The number of aromatic carboxylic acids is 1. The molecular formula is C25H28N4O5. The van der Waals surface area contributed by atoms with Gasteiger partial charge in [-0.25, -0.2) is 19.3 Å². The molecule has 0 spiro atoms. The Balaban J connectivity index is 1.80. The number of carbonyl (C=O) groups is 2. The number of carboxylic acids is 1. The van der Waals surface area contributed by atoms with E-state index in [9.17, 15) is 19.9 Å². The van der Waals surface area contributed by atoms with Crippen LogP contribution in [-0.2, 0) is 0 Å². The van der Waals surface area contributed by atoms with Gasteiger partial charge in [0.15, 0.2) is 0 Å². The van der Waals surface area contributed by atoms with Gasteiger partial charge in [0.1, 0.15) is 11.3 Å². The van der Waals surface area contributed by atoms with Crippen LogP contribution >= 0.6 is 0 Å². The van der Waals surface area contributed by atoms with Crippen molar-refractivity contribution < 1.29 is 24.6 Å². The number of carbonyl (C=O) groups excluding carboxylic acids is 1. The third kappa shape index (κ3) is 4.47. The molecule has 34 heavy (non-hydrogen) atoms. The Morgan fingerprint density at radius 3 is 2.21 bits per heavy atom. The van der Waals surface area contributed by atoms with Crippen molar-refractivity contribution >= 4 is 12.0 Å². The molecule has 2 amide bonds. The number of rotatable bonds is 5. The van der Waals surface area contributed by atoms with Crippen LogP contribution in [0.1, 0.15) is 40.4 Å². The number of hydrogen-bond acceptors (Lipinski definition) is 5. The molecule has 1 aliphatic heterocycles. The number of likely N-dealkylation sites (tertiary alicyclic amines) is 1. The summed E-state index contributed by atoms with van der Waals surface area (Å²) in [6.07, 6.45) is 1.10. The number of amides is 2. The fraction of sp³-hybridized carbons (Fsp3) is 0.320. The molecule has 178 valence electrons. The third-order valence-corrected chi connectivity index (χ3v) is 6.20. The molecule has 0 radical (unpaired) electrons. The Morgan fingerprint density at radius 2 is 1.68 bits per heavy atom. The fourth-order valence-corrected chi connectivity index (χ4v) is 4.37. The second kappa shape index (κ2) is 9.56. The number of carboxylic acid groups (broad SMARTS) is 1. The summed E-state index contributed by atoms with van der Waals surface area (Å²) in [6, 6.07) is 14.5. The standard InChI is InChI=1S/C25H28N4O5/c1-16-4-6-18(7-5-16)23-21(24(30)31)22(17-12-14-28(15-13-17)25(32)27(2)33)26-29(23)19-8-10-20(34-3)11-9-19/h4-11,17,33H,12-15H2,1-3H3,(H,30,31). The van der Waals surface area contributed by atoms with E-state index in [4.69, 9.17) is 9.84 Å². The number of benzene rings is 2. The van der Waals surface area contributed by atoms with E-state index in [1.807, 2.05) is 55.5 Å². The highest BCUT2D eigenvalue weighted by molar-refractivity contribution is 5.97. The number of aromatic nitrogens is 2. The molecule has 3 aromatic rings. The highest BCUT2D eigenvalue weighted by atomic mass is 16.5. The number of piperidine rings is 1. The van der Waals surface area contributed by atoms with E-state index in [1.165, 1.54) is 7.05 Å². The van der Waals surface area contributed by atoms with Gasteiger partial charge in [0, 0.05) is 31.6 Å². The molecule has 1 aromatic heterocycles. The van der Waals surface area contributed by atoms with E-state index >= 15 is 0 Å². The molecule has 0 saturated carbocycles. The molecule has 0 aliphatic carbocycles. The average Bonchev–Trinajstić information content (AvgIpc) is 3.25. The molecule has 0 unspecified atom stereocenters. The summed E-state index contributed by atoms with van der Waals surface area (Å²) >= 11 is 0. The predicted molar refractivity (Wildman–Crippen MR) is 126 cm³/mol. The van der Waals surface area contributed by atoms with Gasteiger partial charge >= 0.3 is 12.0 Å². The van der Waals surface area contributed by atoms with E-state index < -0.39 is 12.0 Å². The van der Waals surface area contributed by atoms with Gasteiger partial charge in [0.25, 0.3) is 0 Å².